The Hall–Kier alpha value is -4.47. The molecule has 0 aliphatic heterocycles. The van der Waals surface area contributed by atoms with Gasteiger partial charge in [0.25, 0.3) is 17.5 Å². The van der Waals surface area contributed by atoms with Crippen LogP contribution in [-0.4, -0.2) is 28.8 Å². The number of carbonyl (C=O) groups is 3. The molecule has 10 nitrogen and oxygen atoms in total. The van der Waals surface area contributed by atoms with Crippen LogP contribution >= 0.6 is 0 Å². The van der Waals surface area contributed by atoms with Gasteiger partial charge >= 0.3 is 5.97 Å². The van der Waals surface area contributed by atoms with Crippen LogP contribution in [0.25, 0.3) is 0 Å². The lowest BCUT2D eigenvalue weighted by Crippen LogP contribution is -2.30. The van der Waals surface area contributed by atoms with E-state index in [0.29, 0.717) is 0 Å². The molecule has 3 aromatic rings. The van der Waals surface area contributed by atoms with Crippen LogP contribution in [-0.2, 0) is 9.53 Å². The van der Waals surface area contributed by atoms with Crippen LogP contribution in [0.4, 0.5) is 17.1 Å². The Labute approximate surface area is 176 Å². The van der Waals surface area contributed by atoms with Crippen molar-refractivity contribution in [2.75, 3.05) is 10.6 Å². The molecule has 0 aliphatic rings. The predicted octanol–water partition coefficient (Wildman–Crippen LogP) is 3.62. The Bertz CT molecular complexity index is 1130. The van der Waals surface area contributed by atoms with E-state index in [1.54, 1.807) is 18.2 Å². The molecule has 0 saturated heterocycles. The number of esters is 1. The first-order valence-electron chi connectivity index (χ1n) is 9.06. The third-order valence-electron chi connectivity index (χ3n) is 4.15. The summed E-state index contributed by atoms with van der Waals surface area (Å²) in [5, 5.41) is 16.0. The highest BCUT2D eigenvalue weighted by molar-refractivity contribution is 6.07. The van der Waals surface area contributed by atoms with Crippen molar-refractivity contribution in [1.29, 1.82) is 0 Å². The number of hydrogen-bond acceptors (Lipinski definition) is 7. The summed E-state index contributed by atoms with van der Waals surface area (Å²) in [6.07, 6.45) is 0.0769. The Morgan fingerprint density at radius 2 is 1.65 bits per heavy atom. The number of hydrogen-bond donors (Lipinski definition) is 2. The monoisotopic (exact) mass is 423 g/mol. The number of nitrogens with one attached hydrogen (secondary N) is 2. The molecular weight excluding hydrogens is 406 g/mol. The van der Waals surface area contributed by atoms with Crippen LogP contribution < -0.4 is 10.6 Å². The number of benzene rings is 2. The fourth-order valence-corrected chi connectivity index (χ4v) is 2.61. The predicted molar refractivity (Wildman–Crippen MR) is 110 cm³/mol. The normalized spacial score (nSPS) is 11.3. The molecular formula is C21H17N3O7. The number of carbonyl (C=O) groups excluding carboxylic acids is 3. The average molecular weight is 423 g/mol. The van der Waals surface area contributed by atoms with E-state index < -0.39 is 28.8 Å². The molecule has 0 spiro atoms. The quantitative estimate of drug-likeness (QED) is 0.336. The number of nitro benzene ring substituents is 1. The molecule has 2 N–H and O–H groups in total. The molecule has 1 atom stereocenters. The highest BCUT2D eigenvalue weighted by Gasteiger charge is 2.24. The Balaban J connectivity index is 1.69. The summed E-state index contributed by atoms with van der Waals surface area (Å²) >= 11 is 0. The first-order valence-corrected chi connectivity index (χ1v) is 9.06. The van der Waals surface area contributed by atoms with Gasteiger partial charge in [-0.1, -0.05) is 24.3 Å². The Morgan fingerprint density at radius 3 is 2.32 bits per heavy atom. The van der Waals surface area contributed by atoms with Gasteiger partial charge in [0.2, 0.25) is 0 Å². The lowest BCUT2D eigenvalue weighted by atomic mass is 10.1. The number of rotatable bonds is 7. The summed E-state index contributed by atoms with van der Waals surface area (Å²) in [6, 6.07) is 14.7. The number of para-hydroxylation sites is 3. The van der Waals surface area contributed by atoms with Gasteiger partial charge in [-0.05, 0) is 37.3 Å². The van der Waals surface area contributed by atoms with Crippen molar-refractivity contribution in [3.63, 3.8) is 0 Å². The molecule has 0 unspecified atom stereocenters. The Morgan fingerprint density at radius 1 is 0.968 bits per heavy atom. The van der Waals surface area contributed by atoms with E-state index in [-0.39, 0.29) is 28.4 Å². The summed E-state index contributed by atoms with van der Waals surface area (Å²) in [6.45, 7) is 1.33. The molecule has 0 aliphatic carbocycles. The first-order chi connectivity index (χ1) is 14.9. The van der Waals surface area contributed by atoms with E-state index in [4.69, 9.17) is 9.15 Å². The second-order valence-electron chi connectivity index (χ2n) is 6.29. The second-order valence-corrected chi connectivity index (χ2v) is 6.29. The molecule has 158 valence electrons. The Kier molecular flexibility index (Phi) is 6.41. The minimum absolute atomic E-state index is 0.0211. The number of furan rings is 1. The van der Waals surface area contributed by atoms with Crippen molar-refractivity contribution in [3.8, 4) is 0 Å². The van der Waals surface area contributed by atoms with Gasteiger partial charge < -0.3 is 19.8 Å². The highest BCUT2D eigenvalue weighted by atomic mass is 16.6. The topological polar surface area (TPSA) is 141 Å². The van der Waals surface area contributed by atoms with E-state index in [0.717, 1.165) is 0 Å². The standard InChI is InChI=1S/C21H17N3O7/c1-13(19(25)23-16-9-4-5-10-17(16)24(28)29)31-21(27)14-7-2-3-8-15(14)22-20(26)18-11-6-12-30-18/h2-13H,1H3,(H,22,26)(H,23,25)/t13-/m0/s1. The van der Waals surface area contributed by atoms with E-state index in [9.17, 15) is 24.5 Å². The van der Waals surface area contributed by atoms with Gasteiger partial charge in [-0.2, -0.15) is 0 Å². The molecule has 3 rings (SSSR count). The van der Waals surface area contributed by atoms with Crippen LogP contribution in [0.1, 0.15) is 27.8 Å². The van der Waals surface area contributed by atoms with Crippen molar-refractivity contribution in [3.05, 3.63) is 88.4 Å². The summed E-state index contributed by atoms with van der Waals surface area (Å²) in [5.74, 6) is -2.12. The molecule has 0 radical (unpaired) electrons. The molecule has 2 aromatic carbocycles. The smallest absolute Gasteiger partial charge is 0.341 e. The molecule has 1 aromatic heterocycles. The van der Waals surface area contributed by atoms with Gasteiger partial charge in [0.15, 0.2) is 11.9 Å². The number of amides is 2. The van der Waals surface area contributed by atoms with Gasteiger partial charge in [0.1, 0.15) is 5.69 Å². The number of ether oxygens (including phenoxy) is 1. The SMILES string of the molecule is C[C@H](OC(=O)c1ccccc1NC(=O)c1ccco1)C(=O)Nc1ccccc1[N+](=O)[O-]. The number of nitrogens with zero attached hydrogens (tertiary/aromatic N) is 1. The average Bonchev–Trinajstić information content (AvgIpc) is 3.29. The van der Waals surface area contributed by atoms with Crippen LogP contribution in [0.3, 0.4) is 0 Å². The number of nitro groups is 1. The van der Waals surface area contributed by atoms with Crippen LogP contribution in [0.5, 0.6) is 0 Å². The molecule has 31 heavy (non-hydrogen) atoms. The summed E-state index contributed by atoms with van der Waals surface area (Å²) in [7, 11) is 0. The minimum Gasteiger partial charge on any atom is -0.459 e. The lowest BCUT2D eigenvalue weighted by Gasteiger charge is -2.15. The van der Waals surface area contributed by atoms with Crippen molar-refractivity contribution >= 4 is 34.8 Å². The fourth-order valence-electron chi connectivity index (χ4n) is 2.61. The van der Waals surface area contributed by atoms with Gasteiger partial charge in [0.05, 0.1) is 22.4 Å². The molecule has 1 heterocycles. The van der Waals surface area contributed by atoms with Gasteiger partial charge in [-0.3, -0.25) is 19.7 Å². The summed E-state index contributed by atoms with van der Waals surface area (Å²) in [4.78, 5) is 47.6. The molecule has 2 amide bonds. The highest BCUT2D eigenvalue weighted by Crippen LogP contribution is 2.24. The maximum atomic E-state index is 12.6. The largest absolute Gasteiger partial charge is 0.459 e. The maximum Gasteiger partial charge on any atom is 0.341 e. The van der Waals surface area contributed by atoms with Gasteiger partial charge in [-0.15, -0.1) is 0 Å². The molecule has 0 fully saturated rings. The molecule has 0 bridgehead atoms. The minimum atomic E-state index is -1.26. The lowest BCUT2D eigenvalue weighted by molar-refractivity contribution is -0.383. The zero-order valence-corrected chi connectivity index (χ0v) is 16.2. The fraction of sp³-hybridized carbons (Fsp3) is 0.0952. The van der Waals surface area contributed by atoms with E-state index in [1.165, 1.54) is 55.7 Å². The zero-order valence-electron chi connectivity index (χ0n) is 16.2. The first kappa shape index (κ1) is 21.2. The van der Waals surface area contributed by atoms with E-state index >= 15 is 0 Å². The van der Waals surface area contributed by atoms with Crippen molar-refractivity contribution in [2.45, 2.75) is 13.0 Å². The van der Waals surface area contributed by atoms with Crippen LogP contribution in [0.2, 0.25) is 0 Å². The van der Waals surface area contributed by atoms with Gasteiger partial charge in [-0.25, -0.2) is 4.79 Å². The molecule has 0 saturated carbocycles. The van der Waals surface area contributed by atoms with Crippen molar-refractivity contribution < 1.29 is 28.5 Å². The third kappa shape index (κ3) is 5.12. The number of anilines is 2. The van der Waals surface area contributed by atoms with Gasteiger partial charge in [0, 0.05) is 6.07 Å². The zero-order chi connectivity index (χ0) is 22.4. The van der Waals surface area contributed by atoms with E-state index in [2.05, 4.69) is 10.6 Å². The second kappa shape index (κ2) is 9.35. The third-order valence-corrected chi connectivity index (χ3v) is 4.15. The summed E-state index contributed by atoms with van der Waals surface area (Å²) < 4.78 is 10.2. The maximum absolute atomic E-state index is 12.6. The van der Waals surface area contributed by atoms with Crippen molar-refractivity contribution in [1.82, 2.24) is 0 Å². The van der Waals surface area contributed by atoms with E-state index in [1.807, 2.05) is 0 Å². The summed E-state index contributed by atoms with van der Waals surface area (Å²) in [5.41, 5.74) is -0.125. The van der Waals surface area contributed by atoms with Crippen molar-refractivity contribution in [2.24, 2.45) is 0 Å². The van der Waals surface area contributed by atoms with Crippen LogP contribution in [0, 0.1) is 10.1 Å². The molecule has 10 heteroatoms. The van der Waals surface area contributed by atoms with Crippen LogP contribution in [0.15, 0.2) is 71.3 Å².